The molecule has 1 atom stereocenters. The molecule has 0 aliphatic rings. The number of nitrogens with two attached hydrogens (primary N) is 1. The van der Waals surface area contributed by atoms with Crippen molar-refractivity contribution in [1.82, 2.24) is 0 Å². The van der Waals surface area contributed by atoms with Gasteiger partial charge < -0.3 is 16.2 Å². The second kappa shape index (κ2) is 4.43. The topological polar surface area (TPSA) is 75.4 Å². The Morgan fingerprint density at radius 2 is 1.88 bits per heavy atom. The number of phenols is 1. The summed E-state index contributed by atoms with van der Waals surface area (Å²) in [6, 6.07) is 9.97. The Morgan fingerprint density at radius 3 is 2.53 bits per heavy atom. The Morgan fingerprint density at radius 1 is 1.24 bits per heavy atom. The maximum Gasteiger partial charge on any atom is 0.241 e. The normalized spacial score (nSPS) is 12.4. The lowest BCUT2D eigenvalue weighted by molar-refractivity contribution is -0.117. The first-order valence-electron chi connectivity index (χ1n) is 5.37. The molecule has 0 radical (unpaired) electrons. The van der Waals surface area contributed by atoms with Crippen LogP contribution in [0.3, 0.4) is 0 Å². The smallest absolute Gasteiger partial charge is 0.241 e. The van der Waals surface area contributed by atoms with Crippen LogP contribution in [0.5, 0.6) is 5.75 Å². The zero-order chi connectivity index (χ0) is 12.4. The third kappa shape index (κ3) is 2.21. The minimum Gasteiger partial charge on any atom is -0.507 e. The quantitative estimate of drug-likeness (QED) is 0.689. The minimum atomic E-state index is -0.567. The van der Waals surface area contributed by atoms with Crippen molar-refractivity contribution in [3.63, 3.8) is 0 Å². The number of carbonyl (C=O) groups excluding carboxylic acids is 1. The van der Waals surface area contributed by atoms with Crippen LogP contribution in [-0.2, 0) is 4.79 Å². The standard InChI is InChI=1S/C13H14N2O2/c1-8(14)13(17)15-11-6-7-12(16)10-5-3-2-4-9(10)11/h2-8,16H,14H2,1H3,(H,15,17). The molecule has 0 aliphatic heterocycles. The summed E-state index contributed by atoms with van der Waals surface area (Å²) in [7, 11) is 0. The minimum absolute atomic E-state index is 0.194. The average molecular weight is 230 g/mol. The van der Waals surface area contributed by atoms with E-state index in [-0.39, 0.29) is 11.7 Å². The predicted octanol–water partition coefficient (Wildman–Crippen LogP) is 1.83. The number of anilines is 1. The molecule has 88 valence electrons. The number of fused-ring (bicyclic) bond motifs is 1. The molecule has 0 fully saturated rings. The highest BCUT2D eigenvalue weighted by molar-refractivity contribution is 6.05. The van der Waals surface area contributed by atoms with Gasteiger partial charge in [0.25, 0.3) is 0 Å². The van der Waals surface area contributed by atoms with Crippen LogP contribution < -0.4 is 11.1 Å². The molecule has 0 aliphatic carbocycles. The average Bonchev–Trinajstić information content (AvgIpc) is 2.33. The maximum absolute atomic E-state index is 11.5. The van der Waals surface area contributed by atoms with Crippen molar-refractivity contribution in [2.45, 2.75) is 13.0 Å². The number of rotatable bonds is 2. The summed E-state index contributed by atoms with van der Waals surface area (Å²) in [4.78, 5) is 11.5. The molecule has 1 unspecified atom stereocenters. The molecule has 0 bridgehead atoms. The van der Waals surface area contributed by atoms with Crippen molar-refractivity contribution in [3.05, 3.63) is 36.4 Å². The summed E-state index contributed by atoms with van der Waals surface area (Å²) in [6.45, 7) is 1.62. The van der Waals surface area contributed by atoms with Crippen LogP contribution in [0.2, 0.25) is 0 Å². The first kappa shape index (κ1) is 11.4. The lowest BCUT2D eigenvalue weighted by Gasteiger charge is -2.11. The highest BCUT2D eigenvalue weighted by Gasteiger charge is 2.10. The van der Waals surface area contributed by atoms with Gasteiger partial charge in [-0.1, -0.05) is 24.3 Å². The zero-order valence-corrected chi connectivity index (χ0v) is 9.47. The van der Waals surface area contributed by atoms with Gasteiger partial charge in [0, 0.05) is 16.5 Å². The molecule has 0 aromatic heterocycles. The van der Waals surface area contributed by atoms with Crippen molar-refractivity contribution in [3.8, 4) is 5.75 Å². The van der Waals surface area contributed by atoms with E-state index >= 15 is 0 Å². The van der Waals surface area contributed by atoms with Gasteiger partial charge in [0.2, 0.25) is 5.91 Å². The van der Waals surface area contributed by atoms with Gasteiger partial charge >= 0.3 is 0 Å². The molecule has 4 nitrogen and oxygen atoms in total. The zero-order valence-electron chi connectivity index (χ0n) is 9.47. The van der Waals surface area contributed by atoms with E-state index in [0.717, 1.165) is 5.39 Å². The van der Waals surface area contributed by atoms with Crippen molar-refractivity contribution < 1.29 is 9.90 Å². The van der Waals surface area contributed by atoms with E-state index in [2.05, 4.69) is 5.32 Å². The first-order chi connectivity index (χ1) is 8.09. The largest absolute Gasteiger partial charge is 0.507 e. The van der Waals surface area contributed by atoms with Crippen LogP contribution in [0.15, 0.2) is 36.4 Å². The van der Waals surface area contributed by atoms with Gasteiger partial charge in [0.05, 0.1) is 6.04 Å². The summed E-state index contributed by atoms with van der Waals surface area (Å²) in [6.07, 6.45) is 0. The van der Waals surface area contributed by atoms with Gasteiger partial charge in [-0.05, 0) is 19.1 Å². The van der Waals surface area contributed by atoms with Crippen LogP contribution in [-0.4, -0.2) is 17.1 Å². The van der Waals surface area contributed by atoms with Crippen molar-refractivity contribution >= 4 is 22.4 Å². The number of aromatic hydroxyl groups is 1. The summed E-state index contributed by atoms with van der Waals surface area (Å²) >= 11 is 0. The van der Waals surface area contributed by atoms with E-state index in [4.69, 9.17) is 5.73 Å². The molecule has 4 N–H and O–H groups in total. The first-order valence-corrected chi connectivity index (χ1v) is 5.37. The van der Waals surface area contributed by atoms with Gasteiger partial charge in [-0.3, -0.25) is 4.79 Å². The van der Waals surface area contributed by atoms with Gasteiger partial charge in [-0.25, -0.2) is 0 Å². The molecular formula is C13H14N2O2. The molecule has 1 amide bonds. The third-order valence-electron chi connectivity index (χ3n) is 2.57. The fraction of sp³-hybridized carbons (Fsp3) is 0.154. The molecular weight excluding hydrogens is 216 g/mol. The number of benzene rings is 2. The lowest BCUT2D eigenvalue weighted by Crippen LogP contribution is -2.32. The highest BCUT2D eigenvalue weighted by Crippen LogP contribution is 2.30. The monoisotopic (exact) mass is 230 g/mol. The summed E-state index contributed by atoms with van der Waals surface area (Å²) in [5.41, 5.74) is 6.15. The second-order valence-corrected chi connectivity index (χ2v) is 3.96. The van der Waals surface area contributed by atoms with Gasteiger partial charge in [0.15, 0.2) is 0 Å². The van der Waals surface area contributed by atoms with Crippen LogP contribution in [0.1, 0.15) is 6.92 Å². The van der Waals surface area contributed by atoms with Crippen molar-refractivity contribution in [1.29, 1.82) is 0 Å². The van der Waals surface area contributed by atoms with Crippen molar-refractivity contribution in [2.24, 2.45) is 5.73 Å². The number of hydrogen-bond acceptors (Lipinski definition) is 3. The fourth-order valence-corrected chi connectivity index (χ4v) is 1.64. The van der Waals surface area contributed by atoms with Crippen LogP contribution in [0, 0.1) is 0 Å². The number of amides is 1. The molecule has 17 heavy (non-hydrogen) atoms. The Hall–Kier alpha value is -2.07. The van der Waals surface area contributed by atoms with Crippen LogP contribution in [0.4, 0.5) is 5.69 Å². The third-order valence-corrected chi connectivity index (χ3v) is 2.57. The highest BCUT2D eigenvalue weighted by atomic mass is 16.3. The van der Waals surface area contributed by atoms with Crippen LogP contribution in [0.25, 0.3) is 10.8 Å². The SMILES string of the molecule is CC(N)C(=O)Nc1ccc(O)c2ccccc12. The molecule has 0 saturated carbocycles. The molecule has 0 spiro atoms. The molecule has 2 aromatic rings. The molecule has 0 saturated heterocycles. The Bertz CT molecular complexity index is 564. The summed E-state index contributed by atoms with van der Waals surface area (Å²) < 4.78 is 0. The molecule has 4 heteroatoms. The van der Waals surface area contributed by atoms with E-state index < -0.39 is 6.04 Å². The van der Waals surface area contributed by atoms with Crippen LogP contribution >= 0.6 is 0 Å². The molecule has 0 heterocycles. The Kier molecular flexibility index (Phi) is 2.97. The summed E-state index contributed by atoms with van der Waals surface area (Å²) in [5.74, 6) is -0.0553. The molecule has 2 aromatic carbocycles. The van der Waals surface area contributed by atoms with Gasteiger partial charge in [0.1, 0.15) is 5.75 Å². The lowest BCUT2D eigenvalue weighted by atomic mass is 10.1. The number of phenolic OH excluding ortho intramolecular Hbond substituents is 1. The number of hydrogen-bond donors (Lipinski definition) is 3. The molecule has 2 rings (SSSR count). The van der Waals surface area contributed by atoms with E-state index in [9.17, 15) is 9.90 Å². The Labute approximate surface area is 99.1 Å². The number of nitrogens with one attached hydrogen (secondary N) is 1. The fourth-order valence-electron chi connectivity index (χ4n) is 1.64. The van der Waals surface area contributed by atoms with E-state index in [1.54, 1.807) is 25.1 Å². The van der Waals surface area contributed by atoms with E-state index in [1.807, 2.05) is 18.2 Å². The second-order valence-electron chi connectivity index (χ2n) is 3.96. The number of carbonyl (C=O) groups is 1. The summed E-state index contributed by atoms with van der Waals surface area (Å²) in [5, 5.41) is 13.9. The van der Waals surface area contributed by atoms with Crippen molar-refractivity contribution in [2.75, 3.05) is 5.32 Å². The van der Waals surface area contributed by atoms with E-state index in [0.29, 0.717) is 11.1 Å². The predicted molar refractivity (Wildman–Crippen MR) is 67.9 cm³/mol. The maximum atomic E-state index is 11.5. The van der Waals surface area contributed by atoms with Gasteiger partial charge in [-0.2, -0.15) is 0 Å². The Balaban J connectivity index is 2.48. The van der Waals surface area contributed by atoms with Gasteiger partial charge in [-0.15, -0.1) is 0 Å². The van der Waals surface area contributed by atoms with E-state index in [1.165, 1.54) is 0 Å².